The molecule has 0 atom stereocenters. The molecular weight excluding hydrogens is 244 g/mol. The first kappa shape index (κ1) is 13.0. The molecule has 98 valence electrons. The Morgan fingerprint density at radius 2 is 1.58 bits per heavy atom. The number of esters is 1. The molecule has 2 N–H and O–H groups in total. The number of aromatic hydroxyl groups is 2. The second-order valence-corrected chi connectivity index (χ2v) is 4.24. The van der Waals surface area contributed by atoms with Crippen molar-refractivity contribution in [3.05, 3.63) is 47.5 Å². The number of ether oxygens (including phenoxy) is 1. The Kier molecular flexibility index (Phi) is 3.42. The van der Waals surface area contributed by atoms with Crippen LogP contribution in [0.25, 0.3) is 11.1 Å². The molecule has 0 heterocycles. The smallest absolute Gasteiger partial charge is 0.337 e. The fourth-order valence-corrected chi connectivity index (χ4v) is 1.87. The van der Waals surface area contributed by atoms with Crippen LogP contribution in [0.15, 0.2) is 36.4 Å². The van der Waals surface area contributed by atoms with E-state index < -0.39 is 5.97 Å². The maximum atomic E-state index is 11.3. The molecular formula is C15H14O4. The first-order valence-corrected chi connectivity index (χ1v) is 5.74. The predicted molar refractivity (Wildman–Crippen MR) is 71.3 cm³/mol. The van der Waals surface area contributed by atoms with Gasteiger partial charge in [-0.15, -0.1) is 0 Å². The predicted octanol–water partition coefficient (Wildman–Crippen LogP) is 2.86. The molecule has 0 aliphatic rings. The molecule has 0 unspecified atom stereocenters. The standard InChI is InChI=1S/C15H14O4/c1-9-3-5-11(13(16)7-9)12-6-4-10(8-14(12)17)15(18)19-2/h3-8,16-17H,1-2H3. The summed E-state index contributed by atoms with van der Waals surface area (Å²) < 4.78 is 4.58. The van der Waals surface area contributed by atoms with Crippen LogP contribution in [0.1, 0.15) is 15.9 Å². The van der Waals surface area contributed by atoms with E-state index in [1.165, 1.54) is 13.2 Å². The summed E-state index contributed by atoms with van der Waals surface area (Å²) in [5.74, 6) is -0.516. The third-order valence-electron chi connectivity index (χ3n) is 2.86. The monoisotopic (exact) mass is 258 g/mol. The topological polar surface area (TPSA) is 66.8 Å². The van der Waals surface area contributed by atoms with Gasteiger partial charge in [-0.2, -0.15) is 0 Å². The molecule has 2 aromatic carbocycles. The van der Waals surface area contributed by atoms with E-state index in [1.807, 2.05) is 13.0 Å². The lowest BCUT2D eigenvalue weighted by molar-refractivity contribution is 0.0600. The summed E-state index contributed by atoms with van der Waals surface area (Å²) in [4.78, 5) is 11.3. The number of hydrogen-bond acceptors (Lipinski definition) is 4. The Morgan fingerprint density at radius 1 is 1.00 bits per heavy atom. The van der Waals surface area contributed by atoms with E-state index in [9.17, 15) is 15.0 Å². The van der Waals surface area contributed by atoms with Gasteiger partial charge in [0.15, 0.2) is 0 Å². The second kappa shape index (κ2) is 5.02. The van der Waals surface area contributed by atoms with Crippen molar-refractivity contribution < 1.29 is 19.7 Å². The molecule has 2 aromatic rings. The van der Waals surface area contributed by atoms with Gasteiger partial charge in [0.05, 0.1) is 12.7 Å². The number of carbonyl (C=O) groups is 1. The van der Waals surface area contributed by atoms with Crippen LogP contribution in [0, 0.1) is 6.92 Å². The van der Waals surface area contributed by atoms with E-state index in [-0.39, 0.29) is 17.1 Å². The van der Waals surface area contributed by atoms with Crippen molar-refractivity contribution in [2.24, 2.45) is 0 Å². The zero-order valence-corrected chi connectivity index (χ0v) is 10.7. The highest BCUT2D eigenvalue weighted by Gasteiger charge is 2.12. The summed E-state index contributed by atoms with van der Waals surface area (Å²) in [7, 11) is 1.28. The fourth-order valence-electron chi connectivity index (χ4n) is 1.87. The van der Waals surface area contributed by atoms with Crippen molar-refractivity contribution in [3.63, 3.8) is 0 Å². The maximum absolute atomic E-state index is 11.3. The quantitative estimate of drug-likeness (QED) is 0.813. The zero-order chi connectivity index (χ0) is 14.0. The van der Waals surface area contributed by atoms with Gasteiger partial charge in [0, 0.05) is 11.1 Å². The number of hydrogen-bond donors (Lipinski definition) is 2. The lowest BCUT2D eigenvalue weighted by Crippen LogP contribution is -2.00. The number of methoxy groups -OCH3 is 1. The molecule has 2 rings (SSSR count). The summed E-state index contributed by atoms with van der Waals surface area (Å²) in [6.07, 6.45) is 0. The van der Waals surface area contributed by atoms with Crippen LogP contribution in [-0.2, 0) is 4.74 Å². The summed E-state index contributed by atoms with van der Waals surface area (Å²) in [6.45, 7) is 1.86. The number of benzene rings is 2. The van der Waals surface area contributed by atoms with Crippen LogP contribution in [0.5, 0.6) is 11.5 Å². The highest BCUT2D eigenvalue weighted by molar-refractivity contribution is 5.91. The van der Waals surface area contributed by atoms with Gasteiger partial charge in [0.1, 0.15) is 11.5 Å². The first-order valence-electron chi connectivity index (χ1n) is 5.74. The molecule has 0 aliphatic carbocycles. The molecule has 0 fully saturated rings. The van der Waals surface area contributed by atoms with E-state index in [0.29, 0.717) is 11.1 Å². The van der Waals surface area contributed by atoms with Gasteiger partial charge in [-0.05, 0) is 36.8 Å². The Balaban J connectivity index is 2.49. The minimum Gasteiger partial charge on any atom is -0.507 e. The van der Waals surface area contributed by atoms with Crippen molar-refractivity contribution in [2.75, 3.05) is 7.11 Å². The Hall–Kier alpha value is -2.49. The van der Waals surface area contributed by atoms with Gasteiger partial charge in [0.2, 0.25) is 0 Å². The molecule has 0 bridgehead atoms. The third-order valence-corrected chi connectivity index (χ3v) is 2.86. The summed E-state index contributed by atoms with van der Waals surface area (Å²) in [5.41, 5.74) is 2.16. The van der Waals surface area contributed by atoms with Crippen molar-refractivity contribution in [1.82, 2.24) is 0 Å². The lowest BCUT2D eigenvalue weighted by atomic mass is 10.0. The van der Waals surface area contributed by atoms with Crippen molar-refractivity contribution in [2.45, 2.75) is 6.92 Å². The van der Waals surface area contributed by atoms with Crippen LogP contribution in [0.4, 0.5) is 0 Å². The molecule has 0 aromatic heterocycles. The van der Waals surface area contributed by atoms with Gasteiger partial charge < -0.3 is 14.9 Å². The number of phenolic OH excluding ortho intramolecular Hbond substituents is 2. The highest BCUT2D eigenvalue weighted by atomic mass is 16.5. The third kappa shape index (κ3) is 2.52. The molecule has 0 spiro atoms. The van der Waals surface area contributed by atoms with Crippen molar-refractivity contribution >= 4 is 5.97 Å². The van der Waals surface area contributed by atoms with E-state index >= 15 is 0 Å². The Bertz CT molecular complexity index is 632. The van der Waals surface area contributed by atoms with Crippen LogP contribution in [0.2, 0.25) is 0 Å². The average molecular weight is 258 g/mol. The average Bonchev–Trinajstić information content (AvgIpc) is 2.38. The highest BCUT2D eigenvalue weighted by Crippen LogP contribution is 2.36. The number of rotatable bonds is 2. The second-order valence-electron chi connectivity index (χ2n) is 4.24. The Morgan fingerprint density at radius 3 is 2.11 bits per heavy atom. The first-order chi connectivity index (χ1) is 9.02. The van der Waals surface area contributed by atoms with Crippen molar-refractivity contribution in [1.29, 1.82) is 0 Å². The Labute approximate surface area is 110 Å². The maximum Gasteiger partial charge on any atom is 0.337 e. The van der Waals surface area contributed by atoms with Gasteiger partial charge in [-0.25, -0.2) is 4.79 Å². The number of aryl methyl sites for hydroxylation is 1. The van der Waals surface area contributed by atoms with E-state index in [2.05, 4.69) is 4.74 Å². The number of phenols is 2. The molecule has 0 radical (unpaired) electrons. The van der Waals surface area contributed by atoms with Gasteiger partial charge >= 0.3 is 5.97 Å². The zero-order valence-electron chi connectivity index (χ0n) is 10.7. The van der Waals surface area contributed by atoms with Gasteiger partial charge in [-0.1, -0.05) is 12.1 Å². The molecule has 0 aliphatic heterocycles. The summed E-state index contributed by atoms with van der Waals surface area (Å²) >= 11 is 0. The molecule has 4 nitrogen and oxygen atoms in total. The van der Waals surface area contributed by atoms with Crippen LogP contribution >= 0.6 is 0 Å². The molecule has 0 amide bonds. The molecule has 19 heavy (non-hydrogen) atoms. The normalized spacial score (nSPS) is 10.2. The minimum absolute atomic E-state index is 0.0814. The number of carbonyl (C=O) groups excluding carboxylic acids is 1. The van der Waals surface area contributed by atoms with E-state index in [4.69, 9.17) is 0 Å². The minimum atomic E-state index is -0.519. The van der Waals surface area contributed by atoms with Gasteiger partial charge in [-0.3, -0.25) is 0 Å². The SMILES string of the molecule is COC(=O)c1ccc(-c2ccc(C)cc2O)c(O)c1. The summed E-state index contributed by atoms with van der Waals surface area (Å²) in [6, 6.07) is 9.61. The summed E-state index contributed by atoms with van der Waals surface area (Å²) in [5, 5.41) is 19.9. The van der Waals surface area contributed by atoms with E-state index in [0.717, 1.165) is 5.56 Å². The molecule has 4 heteroatoms. The van der Waals surface area contributed by atoms with Crippen LogP contribution in [0.3, 0.4) is 0 Å². The van der Waals surface area contributed by atoms with E-state index in [1.54, 1.807) is 24.3 Å². The fraction of sp³-hybridized carbons (Fsp3) is 0.133. The van der Waals surface area contributed by atoms with Crippen LogP contribution in [-0.4, -0.2) is 23.3 Å². The molecule has 0 saturated carbocycles. The lowest BCUT2D eigenvalue weighted by Gasteiger charge is -2.09. The van der Waals surface area contributed by atoms with Gasteiger partial charge in [0.25, 0.3) is 0 Å². The van der Waals surface area contributed by atoms with Crippen molar-refractivity contribution in [3.8, 4) is 22.6 Å². The largest absolute Gasteiger partial charge is 0.507 e. The van der Waals surface area contributed by atoms with Crippen LogP contribution < -0.4 is 0 Å². The molecule has 0 saturated heterocycles.